The summed E-state index contributed by atoms with van der Waals surface area (Å²) in [5.74, 6) is 11.6. The number of nitrogens with zero attached hydrogens (tertiary/aromatic N) is 2. The van der Waals surface area contributed by atoms with E-state index < -0.39 is 12.1 Å². The molecule has 8 nitrogen and oxygen atoms in total. The average Bonchev–Trinajstić information content (AvgIpc) is 2.64. The number of nitrogens with two attached hydrogens (primary N) is 4. The maximum Gasteiger partial charge on any atom is 0.333 e. The molecule has 4 amide bonds. The number of primary amides is 2. The van der Waals surface area contributed by atoms with Crippen molar-refractivity contribution in [1.82, 2.24) is 0 Å². The van der Waals surface area contributed by atoms with Crippen molar-refractivity contribution in [3.63, 3.8) is 0 Å². The standard InChI is InChI=1S/C18H16N6O2/c19-17(25)23(21)13-7-3-9-1-2-10-4-8-14(24(22)18(20)26)12-6-5-11(13)15(9)16(10)12/h1-8H,21-22H2,(H2,19,25)(H2,20,26). The maximum absolute atomic E-state index is 11.5. The summed E-state index contributed by atoms with van der Waals surface area (Å²) in [6, 6.07) is 13.3. The third kappa shape index (κ3) is 2.10. The lowest BCUT2D eigenvalue weighted by atomic mass is 9.92. The molecule has 0 aliphatic carbocycles. The minimum atomic E-state index is -0.761. The number of carbonyl (C=O) groups is 2. The van der Waals surface area contributed by atoms with Crippen LogP contribution in [0.3, 0.4) is 0 Å². The SMILES string of the molecule is NC(=O)N(N)c1ccc2ccc3ccc(N(N)C(N)=O)c4ccc1c2c34. The molecule has 130 valence electrons. The van der Waals surface area contributed by atoms with Crippen LogP contribution in [0.5, 0.6) is 0 Å². The Kier molecular flexibility index (Phi) is 3.33. The monoisotopic (exact) mass is 348 g/mol. The van der Waals surface area contributed by atoms with Crippen LogP contribution in [-0.2, 0) is 0 Å². The quantitative estimate of drug-likeness (QED) is 0.190. The number of benzene rings is 4. The van der Waals surface area contributed by atoms with Crippen LogP contribution in [0.2, 0.25) is 0 Å². The molecule has 0 saturated carbocycles. The zero-order valence-electron chi connectivity index (χ0n) is 13.6. The number of carbonyl (C=O) groups excluding carboxylic acids is 2. The van der Waals surface area contributed by atoms with Crippen LogP contribution >= 0.6 is 0 Å². The van der Waals surface area contributed by atoms with Gasteiger partial charge in [-0.15, -0.1) is 0 Å². The summed E-state index contributed by atoms with van der Waals surface area (Å²) in [4.78, 5) is 23.1. The molecule has 0 aliphatic rings. The van der Waals surface area contributed by atoms with E-state index in [1.54, 1.807) is 12.1 Å². The molecular formula is C18H16N6O2. The summed E-state index contributed by atoms with van der Waals surface area (Å²) in [6.07, 6.45) is 0. The third-order valence-corrected chi connectivity index (χ3v) is 4.61. The highest BCUT2D eigenvalue weighted by molar-refractivity contribution is 6.28. The van der Waals surface area contributed by atoms with Crippen LogP contribution in [0, 0.1) is 0 Å². The van der Waals surface area contributed by atoms with E-state index in [2.05, 4.69) is 0 Å². The number of urea groups is 2. The number of hydrogen-bond donors (Lipinski definition) is 4. The van der Waals surface area contributed by atoms with Gasteiger partial charge in [-0.25, -0.2) is 31.3 Å². The molecule has 0 spiro atoms. The first-order valence-electron chi connectivity index (χ1n) is 7.79. The van der Waals surface area contributed by atoms with Gasteiger partial charge in [-0.2, -0.15) is 0 Å². The van der Waals surface area contributed by atoms with Gasteiger partial charge in [-0.3, -0.25) is 0 Å². The lowest BCUT2D eigenvalue weighted by Gasteiger charge is -2.21. The number of amides is 4. The van der Waals surface area contributed by atoms with E-state index in [0.717, 1.165) is 42.3 Å². The van der Waals surface area contributed by atoms with Crippen molar-refractivity contribution in [3.8, 4) is 0 Å². The van der Waals surface area contributed by atoms with Crippen LogP contribution in [0.1, 0.15) is 0 Å². The van der Waals surface area contributed by atoms with Gasteiger partial charge in [0.25, 0.3) is 0 Å². The van der Waals surface area contributed by atoms with Crippen molar-refractivity contribution >= 4 is 55.8 Å². The van der Waals surface area contributed by atoms with E-state index in [-0.39, 0.29) is 0 Å². The van der Waals surface area contributed by atoms with E-state index in [1.165, 1.54) is 0 Å². The molecule has 0 atom stereocenters. The fraction of sp³-hybridized carbons (Fsp3) is 0. The summed E-state index contributed by atoms with van der Waals surface area (Å²) in [6.45, 7) is 0. The molecule has 8 N–H and O–H groups in total. The zero-order chi connectivity index (χ0) is 18.6. The van der Waals surface area contributed by atoms with Crippen LogP contribution in [0.15, 0.2) is 48.5 Å². The van der Waals surface area contributed by atoms with Crippen molar-refractivity contribution in [3.05, 3.63) is 48.5 Å². The highest BCUT2D eigenvalue weighted by Crippen LogP contribution is 2.41. The molecule has 26 heavy (non-hydrogen) atoms. The Morgan fingerprint density at radius 1 is 0.615 bits per heavy atom. The van der Waals surface area contributed by atoms with Crippen molar-refractivity contribution in [2.75, 3.05) is 10.0 Å². The highest BCUT2D eigenvalue weighted by Gasteiger charge is 2.19. The van der Waals surface area contributed by atoms with Crippen molar-refractivity contribution in [1.29, 1.82) is 0 Å². The Morgan fingerprint density at radius 2 is 0.962 bits per heavy atom. The Balaban J connectivity index is 2.16. The van der Waals surface area contributed by atoms with E-state index in [9.17, 15) is 9.59 Å². The predicted octanol–water partition coefficient (Wildman–Crippen LogP) is 2.10. The van der Waals surface area contributed by atoms with E-state index in [0.29, 0.717) is 11.4 Å². The van der Waals surface area contributed by atoms with E-state index in [4.69, 9.17) is 23.2 Å². The fourth-order valence-corrected chi connectivity index (χ4v) is 3.43. The smallest absolute Gasteiger partial charge is 0.333 e. The summed E-state index contributed by atoms with van der Waals surface area (Å²) in [5.41, 5.74) is 11.6. The lowest BCUT2D eigenvalue weighted by Crippen LogP contribution is -2.41. The average molecular weight is 348 g/mol. The Labute approximate surface area is 147 Å². The second-order valence-electron chi connectivity index (χ2n) is 6.01. The molecule has 4 aromatic rings. The van der Waals surface area contributed by atoms with Gasteiger partial charge in [0, 0.05) is 10.8 Å². The molecule has 8 heteroatoms. The molecular weight excluding hydrogens is 332 g/mol. The molecule has 0 saturated heterocycles. The fourth-order valence-electron chi connectivity index (χ4n) is 3.43. The van der Waals surface area contributed by atoms with Gasteiger partial charge >= 0.3 is 12.1 Å². The van der Waals surface area contributed by atoms with Gasteiger partial charge in [0.05, 0.1) is 11.4 Å². The van der Waals surface area contributed by atoms with Gasteiger partial charge in [0.1, 0.15) is 0 Å². The van der Waals surface area contributed by atoms with Gasteiger partial charge in [-0.05, 0) is 33.7 Å². The van der Waals surface area contributed by atoms with Crippen LogP contribution in [-0.4, -0.2) is 12.1 Å². The predicted molar refractivity (Wildman–Crippen MR) is 103 cm³/mol. The summed E-state index contributed by atoms with van der Waals surface area (Å²) in [7, 11) is 0. The molecule has 0 bridgehead atoms. The Morgan fingerprint density at radius 3 is 1.31 bits per heavy atom. The van der Waals surface area contributed by atoms with Crippen LogP contribution in [0.25, 0.3) is 32.3 Å². The highest BCUT2D eigenvalue weighted by atomic mass is 16.2. The van der Waals surface area contributed by atoms with Crippen molar-refractivity contribution in [2.24, 2.45) is 23.2 Å². The van der Waals surface area contributed by atoms with E-state index >= 15 is 0 Å². The molecule has 0 fully saturated rings. The molecule has 4 rings (SSSR count). The molecule has 0 radical (unpaired) electrons. The van der Waals surface area contributed by atoms with Gasteiger partial charge in [-0.1, -0.05) is 36.4 Å². The lowest BCUT2D eigenvalue weighted by molar-refractivity contribution is 0.253. The summed E-state index contributed by atoms with van der Waals surface area (Å²) < 4.78 is 0. The normalized spacial score (nSPS) is 11.3. The Bertz CT molecular complexity index is 1100. The van der Waals surface area contributed by atoms with Gasteiger partial charge in [0.2, 0.25) is 0 Å². The molecule has 0 aliphatic heterocycles. The Hall–Kier alpha value is -3.62. The second kappa shape index (κ2) is 5.45. The third-order valence-electron chi connectivity index (χ3n) is 4.61. The van der Waals surface area contributed by atoms with Crippen LogP contribution in [0.4, 0.5) is 21.0 Å². The van der Waals surface area contributed by atoms with Crippen LogP contribution < -0.4 is 33.2 Å². The summed E-state index contributed by atoms with van der Waals surface area (Å²) in [5, 5.41) is 7.06. The number of hydrogen-bond acceptors (Lipinski definition) is 4. The molecule has 0 unspecified atom stereocenters. The first-order chi connectivity index (χ1) is 12.4. The van der Waals surface area contributed by atoms with Gasteiger partial charge < -0.3 is 11.5 Å². The minimum absolute atomic E-state index is 0.490. The zero-order valence-corrected chi connectivity index (χ0v) is 13.6. The molecule has 0 heterocycles. The first kappa shape index (κ1) is 15.9. The first-order valence-corrected chi connectivity index (χ1v) is 7.79. The van der Waals surface area contributed by atoms with E-state index in [1.807, 2.05) is 36.4 Å². The topological polar surface area (TPSA) is 145 Å². The van der Waals surface area contributed by atoms with Gasteiger partial charge in [0.15, 0.2) is 0 Å². The number of hydrazine groups is 2. The summed E-state index contributed by atoms with van der Waals surface area (Å²) >= 11 is 0. The molecule has 4 aromatic carbocycles. The number of anilines is 2. The largest absolute Gasteiger partial charge is 0.350 e. The second-order valence-corrected chi connectivity index (χ2v) is 6.01. The maximum atomic E-state index is 11.5. The number of rotatable bonds is 2. The minimum Gasteiger partial charge on any atom is -0.350 e. The van der Waals surface area contributed by atoms with Crippen molar-refractivity contribution in [2.45, 2.75) is 0 Å². The molecule has 0 aromatic heterocycles. The van der Waals surface area contributed by atoms with Crippen molar-refractivity contribution < 1.29 is 9.59 Å².